The second kappa shape index (κ2) is 6.69. The number of methoxy groups -OCH3 is 1. The molecule has 0 unspecified atom stereocenters. The molecule has 0 aliphatic carbocycles. The van der Waals surface area contributed by atoms with Gasteiger partial charge in [-0.2, -0.15) is 0 Å². The number of rotatable bonds is 3. The van der Waals surface area contributed by atoms with Crippen molar-refractivity contribution in [1.82, 2.24) is 0 Å². The highest BCUT2D eigenvalue weighted by molar-refractivity contribution is 6.32. The van der Waals surface area contributed by atoms with Crippen LogP contribution in [0.15, 0.2) is 18.2 Å². The SMILES string of the molecule is COC(=O)[C@H](N)c1ccc(N(C)C)cc1Cl.Cl. The van der Waals surface area contributed by atoms with Gasteiger partial charge in [-0.15, -0.1) is 12.4 Å². The molecule has 0 amide bonds. The molecule has 0 saturated carbocycles. The van der Waals surface area contributed by atoms with Crippen molar-refractivity contribution in [2.75, 3.05) is 26.1 Å². The van der Waals surface area contributed by atoms with Gasteiger partial charge in [0.1, 0.15) is 6.04 Å². The zero-order chi connectivity index (χ0) is 12.3. The van der Waals surface area contributed by atoms with Crippen LogP contribution in [0.3, 0.4) is 0 Å². The summed E-state index contributed by atoms with van der Waals surface area (Å²) < 4.78 is 4.57. The van der Waals surface area contributed by atoms with Crippen LogP contribution in [0.1, 0.15) is 11.6 Å². The number of nitrogens with two attached hydrogens (primary N) is 1. The number of ether oxygens (including phenoxy) is 1. The summed E-state index contributed by atoms with van der Waals surface area (Å²) in [6, 6.07) is 4.51. The Morgan fingerprint density at radius 1 is 1.47 bits per heavy atom. The minimum absolute atomic E-state index is 0. The number of esters is 1. The molecule has 0 fully saturated rings. The molecule has 0 aliphatic heterocycles. The lowest BCUT2D eigenvalue weighted by molar-refractivity contribution is -0.142. The number of hydrogen-bond acceptors (Lipinski definition) is 4. The van der Waals surface area contributed by atoms with Gasteiger partial charge >= 0.3 is 5.97 Å². The van der Waals surface area contributed by atoms with E-state index < -0.39 is 12.0 Å². The number of anilines is 1. The summed E-state index contributed by atoms with van der Waals surface area (Å²) in [5, 5.41) is 0.462. The molecule has 96 valence electrons. The fourth-order valence-electron chi connectivity index (χ4n) is 1.30. The normalized spacial score (nSPS) is 11.4. The van der Waals surface area contributed by atoms with Crippen LogP contribution in [-0.2, 0) is 9.53 Å². The molecular formula is C11H16Cl2N2O2. The quantitative estimate of drug-likeness (QED) is 0.860. The van der Waals surface area contributed by atoms with Crippen LogP contribution in [0.25, 0.3) is 0 Å². The molecule has 1 atom stereocenters. The van der Waals surface area contributed by atoms with Crippen molar-refractivity contribution in [2.24, 2.45) is 5.73 Å². The third-order valence-corrected chi connectivity index (χ3v) is 2.62. The summed E-state index contributed by atoms with van der Waals surface area (Å²) in [5.41, 5.74) is 7.22. The van der Waals surface area contributed by atoms with Gasteiger partial charge in [-0.05, 0) is 17.7 Å². The molecule has 1 aromatic carbocycles. The maximum Gasteiger partial charge on any atom is 0.327 e. The van der Waals surface area contributed by atoms with Gasteiger partial charge in [0.05, 0.1) is 7.11 Å². The van der Waals surface area contributed by atoms with E-state index in [1.165, 1.54) is 7.11 Å². The second-order valence-corrected chi connectivity index (χ2v) is 4.01. The molecule has 0 bridgehead atoms. The largest absolute Gasteiger partial charge is 0.468 e. The maximum absolute atomic E-state index is 11.3. The molecular weight excluding hydrogens is 263 g/mol. The van der Waals surface area contributed by atoms with E-state index in [4.69, 9.17) is 17.3 Å². The van der Waals surface area contributed by atoms with Gasteiger partial charge in [0.25, 0.3) is 0 Å². The van der Waals surface area contributed by atoms with E-state index in [1.54, 1.807) is 12.1 Å². The third kappa shape index (κ3) is 3.77. The average Bonchev–Trinajstić information content (AvgIpc) is 2.26. The molecule has 0 saturated heterocycles. The van der Waals surface area contributed by atoms with Crippen LogP contribution in [0.4, 0.5) is 5.69 Å². The number of carbonyl (C=O) groups excluding carboxylic acids is 1. The number of halogens is 2. The summed E-state index contributed by atoms with van der Waals surface area (Å²) in [6.45, 7) is 0. The highest BCUT2D eigenvalue weighted by atomic mass is 35.5. The molecule has 0 radical (unpaired) electrons. The van der Waals surface area contributed by atoms with Crippen molar-refractivity contribution < 1.29 is 9.53 Å². The molecule has 6 heteroatoms. The number of hydrogen-bond donors (Lipinski definition) is 1. The summed E-state index contributed by atoms with van der Waals surface area (Å²) >= 11 is 6.05. The molecule has 17 heavy (non-hydrogen) atoms. The molecule has 0 heterocycles. The first-order chi connectivity index (χ1) is 7.47. The van der Waals surface area contributed by atoms with Crippen LogP contribution >= 0.6 is 24.0 Å². The van der Waals surface area contributed by atoms with Gasteiger partial charge in [0, 0.05) is 24.8 Å². The Hall–Kier alpha value is -0.970. The van der Waals surface area contributed by atoms with E-state index in [2.05, 4.69) is 4.74 Å². The van der Waals surface area contributed by atoms with Crippen molar-refractivity contribution in [1.29, 1.82) is 0 Å². The highest BCUT2D eigenvalue weighted by Crippen LogP contribution is 2.26. The Kier molecular flexibility index (Phi) is 6.31. The van der Waals surface area contributed by atoms with E-state index in [1.807, 2.05) is 25.1 Å². The molecule has 2 N–H and O–H groups in total. The first kappa shape index (κ1) is 16.0. The Bertz CT molecular complexity index is 397. The Morgan fingerprint density at radius 2 is 2.06 bits per heavy atom. The summed E-state index contributed by atoms with van der Waals surface area (Å²) in [6.07, 6.45) is 0. The van der Waals surface area contributed by atoms with Gasteiger partial charge in [-0.1, -0.05) is 17.7 Å². The van der Waals surface area contributed by atoms with Crippen LogP contribution < -0.4 is 10.6 Å². The predicted octanol–water partition coefficient (Wildman–Crippen LogP) is 2.00. The van der Waals surface area contributed by atoms with Crippen molar-refractivity contribution in [3.8, 4) is 0 Å². The van der Waals surface area contributed by atoms with Gasteiger partial charge in [-0.3, -0.25) is 4.79 Å². The highest BCUT2D eigenvalue weighted by Gasteiger charge is 2.19. The number of benzene rings is 1. The second-order valence-electron chi connectivity index (χ2n) is 3.60. The molecule has 0 spiro atoms. The van der Waals surface area contributed by atoms with Gasteiger partial charge in [0.2, 0.25) is 0 Å². The lowest BCUT2D eigenvalue weighted by Gasteiger charge is -2.16. The Balaban J connectivity index is 0.00000256. The summed E-state index contributed by atoms with van der Waals surface area (Å²) in [7, 11) is 5.11. The lowest BCUT2D eigenvalue weighted by Crippen LogP contribution is -2.23. The van der Waals surface area contributed by atoms with Crippen molar-refractivity contribution in [3.05, 3.63) is 28.8 Å². The van der Waals surface area contributed by atoms with Crippen LogP contribution in [-0.4, -0.2) is 27.2 Å². The maximum atomic E-state index is 11.3. The van der Waals surface area contributed by atoms with Crippen molar-refractivity contribution in [2.45, 2.75) is 6.04 Å². The minimum atomic E-state index is -0.839. The molecule has 0 aliphatic rings. The number of nitrogens with zero attached hydrogens (tertiary/aromatic N) is 1. The van der Waals surface area contributed by atoms with Crippen LogP contribution in [0, 0.1) is 0 Å². The topological polar surface area (TPSA) is 55.6 Å². The van der Waals surface area contributed by atoms with Crippen LogP contribution in [0.2, 0.25) is 5.02 Å². The van der Waals surface area contributed by atoms with Crippen LogP contribution in [0.5, 0.6) is 0 Å². The smallest absolute Gasteiger partial charge is 0.327 e. The van der Waals surface area contributed by atoms with E-state index >= 15 is 0 Å². The first-order valence-corrected chi connectivity index (χ1v) is 5.15. The third-order valence-electron chi connectivity index (χ3n) is 2.29. The predicted molar refractivity (Wildman–Crippen MR) is 72.0 cm³/mol. The van der Waals surface area contributed by atoms with E-state index in [9.17, 15) is 4.79 Å². The first-order valence-electron chi connectivity index (χ1n) is 4.77. The Labute approximate surface area is 112 Å². The summed E-state index contributed by atoms with van der Waals surface area (Å²) in [4.78, 5) is 13.2. The van der Waals surface area contributed by atoms with Crippen molar-refractivity contribution in [3.63, 3.8) is 0 Å². The number of carbonyl (C=O) groups is 1. The van der Waals surface area contributed by atoms with E-state index in [0.717, 1.165) is 5.69 Å². The van der Waals surface area contributed by atoms with E-state index in [0.29, 0.717) is 10.6 Å². The summed E-state index contributed by atoms with van der Waals surface area (Å²) in [5.74, 6) is -0.500. The zero-order valence-corrected chi connectivity index (χ0v) is 11.5. The molecule has 0 aromatic heterocycles. The molecule has 1 aromatic rings. The van der Waals surface area contributed by atoms with Crippen molar-refractivity contribution >= 4 is 35.7 Å². The fourth-order valence-corrected chi connectivity index (χ4v) is 1.59. The minimum Gasteiger partial charge on any atom is -0.468 e. The molecule has 4 nitrogen and oxygen atoms in total. The zero-order valence-electron chi connectivity index (χ0n) is 9.94. The lowest BCUT2D eigenvalue weighted by atomic mass is 10.1. The van der Waals surface area contributed by atoms with Gasteiger partial charge in [0.15, 0.2) is 0 Å². The standard InChI is InChI=1S/C11H15ClN2O2.ClH/c1-14(2)7-4-5-8(9(12)6-7)10(13)11(15)16-3;/h4-6,10H,13H2,1-3H3;1H/t10-;/m1./s1. The average molecular weight is 279 g/mol. The van der Waals surface area contributed by atoms with Gasteiger partial charge in [-0.25, -0.2) is 0 Å². The monoisotopic (exact) mass is 278 g/mol. The Morgan fingerprint density at radius 3 is 2.47 bits per heavy atom. The molecule has 1 rings (SSSR count). The van der Waals surface area contributed by atoms with E-state index in [-0.39, 0.29) is 12.4 Å². The fraction of sp³-hybridized carbons (Fsp3) is 0.364. The van der Waals surface area contributed by atoms with Gasteiger partial charge < -0.3 is 15.4 Å².